The normalized spacial score (nSPS) is 12.2. The van der Waals surface area contributed by atoms with Crippen molar-refractivity contribution in [1.82, 2.24) is 4.98 Å². The molecule has 0 fully saturated rings. The van der Waals surface area contributed by atoms with E-state index >= 15 is 0 Å². The van der Waals surface area contributed by atoms with Crippen LogP contribution in [0.3, 0.4) is 0 Å². The van der Waals surface area contributed by atoms with Gasteiger partial charge in [-0.15, -0.1) is 0 Å². The molecule has 3 nitrogen and oxygen atoms in total. The topological polar surface area (TPSA) is 42.1 Å². The molecule has 1 aromatic carbocycles. The first-order chi connectivity index (χ1) is 9.18. The van der Waals surface area contributed by atoms with E-state index in [2.05, 4.69) is 41.2 Å². The standard InChI is InChI=1S/C16H21N3/c1-13(17)15-8-3-4-9-16(15)19(2)12-10-14-7-5-6-11-18-14/h3-9,11,13H,10,12,17H2,1-2H3/t13-/m1/s1. The van der Waals surface area contributed by atoms with Crippen LogP contribution >= 0.6 is 0 Å². The van der Waals surface area contributed by atoms with Gasteiger partial charge in [0, 0.05) is 43.6 Å². The summed E-state index contributed by atoms with van der Waals surface area (Å²) in [5.74, 6) is 0. The molecule has 3 heteroatoms. The third kappa shape index (κ3) is 3.55. The van der Waals surface area contributed by atoms with Crippen LogP contribution in [0.4, 0.5) is 5.69 Å². The Bertz CT molecular complexity index is 508. The van der Waals surface area contributed by atoms with E-state index in [9.17, 15) is 0 Å². The van der Waals surface area contributed by atoms with Gasteiger partial charge in [-0.05, 0) is 30.7 Å². The summed E-state index contributed by atoms with van der Waals surface area (Å²) in [6.07, 6.45) is 2.77. The number of pyridine rings is 1. The number of rotatable bonds is 5. The first kappa shape index (κ1) is 13.6. The maximum absolute atomic E-state index is 6.02. The molecule has 100 valence electrons. The molecule has 0 aliphatic rings. The van der Waals surface area contributed by atoms with Gasteiger partial charge in [0.25, 0.3) is 0 Å². The van der Waals surface area contributed by atoms with E-state index in [0.717, 1.165) is 18.7 Å². The summed E-state index contributed by atoms with van der Waals surface area (Å²) < 4.78 is 0. The molecule has 0 aliphatic carbocycles. The number of aromatic nitrogens is 1. The Morgan fingerprint density at radius 2 is 1.89 bits per heavy atom. The van der Waals surface area contributed by atoms with Crippen LogP contribution in [0.1, 0.15) is 24.2 Å². The van der Waals surface area contributed by atoms with E-state index in [-0.39, 0.29) is 6.04 Å². The molecule has 0 saturated heterocycles. The van der Waals surface area contributed by atoms with Crippen molar-refractivity contribution < 1.29 is 0 Å². The Hall–Kier alpha value is -1.87. The van der Waals surface area contributed by atoms with Crippen molar-refractivity contribution in [2.24, 2.45) is 5.73 Å². The number of hydrogen-bond acceptors (Lipinski definition) is 3. The van der Waals surface area contributed by atoms with Crippen LogP contribution in [-0.2, 0) is 6.42 Å². The van der Waals surface area contributed by atoms with E-state index < -0.39 is 0 Å². The highest BCUT2D eigenvalue weighted by Crippen LogP contribution is 2.23. The summed E-state index contributed by atoms with van der Waals surface area (Å²) in [5, 5.41) is 0. The number of hydrogen-bond donors (Lipinski definition) is 1. The molecule has 0 aliphatic heterocycles. The van der Waals surface area contributed by atoms with E-state index in [0.29, 0.717) is 0 Å². The van der Waals surface area contributed by atoms with Crippen molar-refractivity contribution >= 4 is 5.69 Å². The molecule has 0 amide bonds. The zero-order valence-electron chi connectivity index (χ0n) is 11.6. The van der Waals surface area contributed by atoms with Crippen LogP contribution in [-0.4, -0.2) is 18.6 Å². The van der Waals surface area contributed by atoms with Crippen molar-refractivity contribution in [1.29, 1.82) is 0 Å². The molecule has 2 N–H and O–H groups in total. The predicted octanol–water partition coefficient (Wildman–Crippen LogP) is 2.78. The zero-order valence-corrected chi connectivity index (χ0v) is 11.6. The van der Waals surface area contributed by atoms with Crippen LogP contribution in [0.25, 0.3) is 0 Å². The molecular formula is C16H21N3. The van der Waals surface area contributed by atoms with E-state index in [1.165, 1.54) is 11.3 Å². The molecule has 1 atom stereocenters. The van der Waals surface area contributed by atoms with Gasteiger partial charge in [0.05, 0.1) is 0 Å². The Morgan fingerprint density at radius 3 is 2.58 bits per heavy atom. The highest BCUT2D eigenvalue weighted by atomic mass is 15.1. The Morgan fingerprint density at radius 1 is 1.16 bits per heavy atom. The summed E-state index contributed by atoms with van der Waals surface area (Å²) in [5.41, 5.74) is 9.53. The smallest absolute Gasteiger partial charge is 0.0421 e. The Balaban J connectivity index is 2.06. The van der Waals surface area contributed by atoms with Gasteiger partial charge in [0.15, 0.2) is 0 Å². The molecule has 2 rings (SSSR count). The Kier molecular flexibility index (Phi) is 4.53. The largest absolute Gasteiger partial charge is 0.374 e. The van der Waals surface area contributed by atoms with E-state index in [1.54, 1.807) is 0 Å². The lowest BCUT2D eigenvalue weighted by Crippen LogP contribution is -2.23. The second-order valence-electron chi connectivity index (χ2n) is 4.84. The summed E-state index contributed by atoms with van der Waals surface area (Å²) in [6, 6.07) is 14.4. The number of benzene rings is 1. The van der Waals surface area contributed by atoms with Gasteiger partial charge in [-0.25, -0.2) is 0 Å². The minimum Gasteiger partial charge on any atom is -0.374 e. The minimum atomic E-state index is 0.0495. The average Bonchev–Trinajstić information content (AvgIpc) is 2.46. The van der Waals surface area contributed by atoms with E-state index in [1.807, 2.05) is 31.3 Å². The SMILES string of the molecule is C[C@@H](N)c1ccccc1N(C)CCc1ccccn1. The molecule has 0 bridgehead atoms. The van der Waals surface area contributed by atoms with Gasteiger partial charge in [0.1, 0.15) is 0 Å². The summed E-state index contributed by atoms with van der Waals surface area (Å²) in [6.45, 7) is 2.95. The van der Waals surface area contributed by atoms with Crippen molar-refractivity contribution in [3.8, 4) is 0 Å². The van der Waals surface area contributed by atoms with Crippen molar-refractivity contribution in [3.63, 3.8) is 0 Å². The van der Waals surface area contributed by atoms with Crippen molar-refractivity contribution in [2.45, 2.75) is 19.4 Å². The fourth-order valence-corrected chi connectivity index (χ4v) is 2.17. The number of anilines is 1. The fraction of sp³-hybridized carbons (Fsp3) is 0.312. The van der Waals surface area contributed by atoms with E-state index in [4.69, 9.17) is 5.73 Å². The maximum atomic E-state index is 6.02. The van der Waals surface area contributed by atoms with Gasteiger partial charge >= 0.3 is 0 Å². The first-order valence-corrected chi connectivity index (χ1v) is 6.64. The number of likely N-dealkylation sites (N-methyl/N-ethyl adjacent to an activating group) is 1. The van der Waals surface area contributed by atoms with Gasteiger partial charge < -0.3 is 10.6 Å². The third-order valence-corrected chi connectivity index (χ3v) is 3.27. The molecule has 0 unspecified atom stereocenters. The monoisotopic (exact) mass is 255 g/mol. The lowest BCUT2D eigenvalue weighted by molar-refractivity contribution is 0.792. The molecule has 0 saturated carbocycles. The molecular weight excluding hydrogens is 234 g/mol. The molecule has 1 aromatic heterocycles. The fourth-order valence-electron chi connectivity index (χ4n) is 2.17. The summed E-state index contributed by atoms with van der Waals surface area (Å²) in [4.78, 5) is 6.59. The van der Waals surface area contributed by atoms with Gasteiger partial charge in [-0.2, -0.15) is 0 Å². The average molecular weight is 255 g/mol. The van der Waals surface area contributed by atoms with Crippen LogP contribution in [0, 0.1) is 0 Å². The van der Waals surface area contributed by atoms with Crippen LogP contribution in [0.15, 0.2) is 48.7 Å². The molecule has 1 heterocycles. The van der Waals surface area contributed by atoms with Crippen LogP contribution in [0.5, 0.6) is 0 Å². The van der Waals surface area contributed by atoms with Gasteiger partial charge in [-0.3, -0.25) is 4.98 Å². The minimum absolute atomic E-state index is 0.0495. The van der Waals surface area contributed by atoms with Crippen LogP contribution < -0.4 is 10.6 Å². The second kappa shape index (κ2) is 6.34. The van der Waals surface area contributed by atoms with Gasteiger partial charge in [0.2, 0.25) is 0 Å². The van der Waals surface area contributed by atoms with Crippen molar-refractivity contribution in [2.75, 3.05) is 18.5 Å². The summed E-state index contributed by atoms with van der Waals surface area (Å²) >= 11 is 0. The van der Waals surface area contributed by atoms with Crippen molar-refractivity contribution in [3.05, 3.63) is 59.9 Å². The summed E-state index contributed by atoms with van der Waals surface area (Å²) in [7, 11) is 2.10. The van der Waals surface area contributed by atoms with Gasteiger partial charge in [-0.1, -0.05) is 24.3 Å². The number of nitrogens with two attached hydrogens (primary N) is 1. The lowest BCUT2D eigenvalue weighted by atomic mass is 10.1. The molecule has 2 aromatic rings. The number of nitrogens with zero attached hydrogens (tertiary/aromatic N) is 2. The first-order valence-electron chi connectivity index (χ1n) is 6.64. The predicted molar refractivity (Wildman–Crippen MR) is 80.3 cm³/mol. The maximum Gasteiger partial charge on any atom is 0.0421 e. The third-order valence-electron chi connectivity index (χ3n) is 3.27. The van der Waals surface area contributed by atoms with Crippen LogP contribution in [0.2, 0.25) is 0 Å². The molecule has 0 spiro atoms. The lowest BCUT2D eigenvalue weighted by Gasteiger charge is -2.23. The highest BCUT2D eigenvalue weighted by molar-refractivity contribution is 5.54. The second-order valence-corrected chi connectivity index (χ2v) is 4.84. The molecule has 19 heavy (non-hydrogen) atoms. The quantitative estimate of drug-likeness (QED) is 0.893. The number of para-hydroxylation sites is 1. The Labute approximate surface area is 115 Å². The zero-order chi connectivity index (χ0) is 13.7. The molecule has 0 radical (unpaired) electrons. The highest BCUT2D eigenvalue weighted by Gasteiger charge is 2.09.